The molecule has 0 aliphatic carbocycles. The van der Waals surface area contributed by atoms with Gasteiger partial charge >= 0.3 is 0 Å². The molecule has 0 bridgehead atoms. The van der Waals surface area contributed by atoms with Gasteiger partial charge in [-0.05, 0) is 29.0 Å². The number of para-hydroxylation sites is 1. The standard InChI is InChI=1S/C33H20N3S2.Al/c1-3-11-22-25(4-2)38-32-20-13-6-5-12-19(20)28-21-14-7-9-16-24(21)36(31(28)29(22)32)33-34-18-27-30(35-33)23-15-8-10-17-26(23)37-27;/h3-17H,2H2,1H3;/b11-3-;. The van der Waals surface area contributed by atoms with Crippen molar-refractivity contribution in [3.8, 4) is 5.95 Å². The van der Waals surface area contributed by atoms with Gasteiger partial charge in [0, 0.05) is 46.8 Å². The Morgan fingerprint density at radius 3 is 2.31 bits per heavy atom. The van der Waals surface area contributed by atoms with E-state index in [1.165, 1.54) is 52.2 Å². The van der Waals surface area contributed by atoms with E-state index in [0.29, 0.717) is 5.95 Å². The molecule has 0 atom stereocenters. The first-order valence-electron chi connectivity index (χ1n) is 12.8. The van der Waals surface area contributed by atoms with Crippen LogP contribution in [0.2, 0.25) is 0 Å². The van der Waals surface area contributed by atoms with Crippen LogP contribution in [0.25, 0.3) is 81.1 Å². The molecule has 8 aromatic rings. The molecule has 0 fully saturated rings. The van der Waals surface area contributed by atoms with Crippen LogP contribution in [0.5, 0.6) is 0 Å². The van der Waals surface area contributed by atoms with Gasteiger partial charge in [-0.2, -0.15) is 0 Å². The molecule has 0 unspecified atom stereocenters. The van der Waals surface area contributed by atoms with Crippen LogP contribution in [0, 0.1) is 0 Å². The van der Waals surface area contributed by atoms with Crippen molar-refractivity contribution in [1.82, 2.24) is 14.5 Å². The molecule has 4 heterocycles. The lowest BCUT2D eigenvalue weighted by atomic mass is 9.98. The maximum atomic E-state index is 5.27. The van der Waals surface area contributed by atoms with Crippen LogP contribution in [0.1, 0.15) is 17.4 Å². The summed E-state index contributed by atoms with van der Waals surface area (Å²) in [6, 6.07) is 25.9. The number of nitrogens with zero attached hydrogens (tertiary/aromatic N) is 3. The van der Waals surface area contributed by atoms with E-state index in [4.69, 9.17) is 9.97 Å². The largest absolute Gasteiger partial charge is 0.277 e. The molecule has 39 heavy (non-hydrogen) atoms. The zero-order chi connectivity index (χ0) is 26.2. The maximum absolute atomic E-state index is 5.27. The van der Waals surface area contributed by atoms with Crippen LogP contribution in [0.3, 0.4) is 0 Å². The lowest BCUT2D eigenvalue weighted by Gasteiger charge is -2.11. The lowest BCUT2D eigenvalue weighted by molar-refractivity contribution is 1.03. The molecule has 8 rings (SSSR count). The zero-order valence-electron chi connectivity index (χ0n) is 21.1. The summed E-state index contributed by atoms with van der Waals surface area (Å²) in [7, 11) is 0. The Morgan fingerprint density at radius 2 is 1.51 bits per heavy atom. The molecule has 0 spiro atoms. The Morgan fingerprint density at radius 1 is 0.795 bits per heavy atom. The summed E-state index contributed by atoms with van der Waals surface area (Å²) in [5, 5.41) is 7.33. The minimum Gasteiger partial charge on any atom is -0.277 e. The summed E-state index contributed by atoms with van der Waals surface area (Å²) >= 11 is 6.41. The molecule has 182 valence electrons. The van der Waals surface area contributed by atoms with Crippen LogP contribution in [0.15, 0.2) is 85.5 Å². The highest BCUT2D eigenvalue weighted by atomic mass is 32.1. The van der Waals surface area contributed by atoms with Crippen molar-refractivity contribution in [2.45, 2.75) is 6.92 Å². The van der Waals surface area contributed by atoms with Gasteiger partial charge in [-0.25, -0.2) is 9.97 Å². The van der Waals surface area contributed by atoms with Gasteiger partial charge in [-0.3, -0.25) is 4.57 Å². The van der Waals surface area contributed by atoms with Gasteiger partial charge in [0.05, 0.1) is 21.3 Å². The van der Waals surface area contributed by atoms with E-state index in [9.17, 15) is 0 Å². The van der Waals surface area contributed by atoms with E-state index in [2.05, 4.69) is 119 Å². The second-order valence-electron chi connectivity index (χ2n) is 9.59. The van der Waals surface area contributed by atoms with Gasteiger partial charge in [-0.15, -0.1) is 22.7 Å². The van der Waals surface area contributed by atoms with Crippen molar-refractivity contribution >= 4 is 119 Å². The average Bonchev–Trinajstić information content (AvgIpc) is 3.63. The number of rotatable bonds is 3. The number of thiophene rings is 2. The smallest absolute Gasteiger partial charge is 0.233 e. The van der Waals surface area contributed by atoms with Crippen LogP contribution in [-0.4, -0.2) is 30.8 Å². The number of fused-ring (bicyclic) bond motifs is 11. The minimum atomic E-state index is 0.691. The number of hydrogen-bond donors (Lipinski definition) is 0. The van der Waals surface area contributed by atoms with Crippen molar-refractivity contribution in [2.75, 3.05) is 0 Å². The second kappa shape index (κ2) is 8.61. The van der Waals surface area contributed by atoms with E-state index in [1.807, 2.05) is 6.08 Å². The molecule has 0 saturated heterocycles. The first-order valence-corrected chi connectivity index (χ1v) is 15.0. The van der Waals surface area contributed by atoms with E-state index in [1.54, 1.807) is 22.7 Å². The Balaban J connectivity index is 1.67. The van der Waals surface area contributed by atoms with Crippen LogP contribution >= 0.6 is 22.7 Å². The number of hydrogen-bond acceptors (Lipinski definition) is 4. The molecule has 3 nitrogen and oxygen atoms in total. The highest BCUT2D eigenvalue weighted by molar-refractivity contribution is 7.26. The van der Waals surface area contributed by atoms with Gasteiger partial charge in [0.1, 0.15) is 0 Å². The summed E-state index contributed by atoms with van der Waals surface area (Å²) in [6.07, 6.45) is 6.31. The van der Waals surface area contributed by atoms with Gasteiger partial charge in [0.25, 0.3) is 0 Å². The molecule has 4 aromatic carbocycles. The van der Waals surface area contributed by atoms with Crippen molar-refractivity contribution in [2.24, 2.45) is 0 Å². The van der Waals surface area contributed by atoms with Gasteiger partial charge < -0.3 is 0 Å². The predicted molar refractivity (Wildman–Crippen MR) is 172 cm³/mol. The third-order valence-electron chi connectivity index (χ3n) is 7.48. The molecule has 4 aromatic heterocycles. The number of benzene rings is 4. The van der Waals surface area contributed by atoms with Crippen LogP contribution < -0.4 is 4.56 Å². The molecule has 0 N–H and O–H groups in total. The van der Waals surface area contributed by atoms with E-state index < -0.39 is 0 Å². The van der Waals surface area contributed by atoms with Crippen molar-refractivity contribution in [3.05, 3.63) is 95.9 Å². The van der Waals surface area contributed by atoms with E-state index >= 15 is 0 Å². The Hall–Kier alpha value is -3.79. The summed E-state index contributed by atoms with van der Waals surface area (Å²) in [4.78, 5) is 11.6. The fourth-order valence-corrected chi connectivity index (χ4v) is 8.58. The molecule has 0 amide bonds. The highest BCUT2D eigenvalue weighted by Gasteiger charge is 2.24. The average molecular weight is 550 g/mol. The van der Waals surface area contributed by atoms with E-state index in [0.717, 1.165) is 25.8 Å². The molecule has 0 saturated carbocycles. The number of aromatic nitrogens is 3. The number of allylic oxidation sites excluding steroid dienone is 1. The van der Waals surface area contributed by atoms with Crippen molar-refractivity contribution < 1.29 is 0 Å². The Labute approximate surface area is 240 Å². The summed E-state index contributed by atoms with van der Waals surface area (Å²) < 4.78 is 6.80. The molecule has 0 aliphatic rings. The summed E-state index contributed by atoms with van der Waals surface area (Å²) in [6.45, 7) is 6.24. The Kier molecular flexibility index (Phi) is 5.11. The van der Waals surface area contributed by atoms with Crippen molar-refractivity contribution in [3.63, 3.8) is 0 Å². The fraction of sp³-hybridized carbons (Fsp3) is 0.0303. The first kappa shape index (κ1) is 23.1. The minimum absolute atomic E-state index is 0.691. The zero-order valence-corrected chi connectivity index (χ0v) is 23.9. The third-order valence-corrected chi connectivity index (χ3v) is 10.5. The van der Waals surface area contributed by atoms with Gasteiger partial charge in [-0.1, -0.05) is 85.5 Å². The monoisotopic (exact) mass is 549 g/mol. The van der Waals surface area contributed by atoms with E-state index in [-0.39, 0.29) is 0 Å². The molecular formula is C33H20AlN3S2. The summed E-state index contributed by atoms with van der Waals surface area (Å²) in [5.74, 6) is 0.691. The highest BCUT2D eigenvalue weighted by Crippen LogP contribution is 2.47. The normalized spacial score (nSPS) is 12.3. The van der Waals surface area contributed by atoms with Crippen LogP contribution in [-0.2, 0) is 0 Å². The van der Waals surface area contributed by atoms with Crippen molar-refractivity contribution in [1.29, 1.82) is 0 Å². The van der Waals surface area contributed by atoms with Gasteiger partial charge in [0.15, 0.2) is 0 Å². The fourth-order valence-electron chi connectivity index (χ4n) is 5.93. The topological polar surface area (TPSA) is 30.7 Å². The lowest BCUT2D eigenvalue weighted by Crippen LogP contribution is -2.14. The summed E-state index contributed by atoms with van der Waals surface area (Å²) in [5.41, 5.74) is 4.44. The molecular weight excluding hydrogens is 530 g/mol. The van der Waals surface area contributed by atoms with Crippen LogP contribution in [0.4, 0.5) is 0 Å². The van der Waals surface area contributed by atoms with Gasteiger partial charge in [0.2, 0.25) is 22.2 Å². The first-order chi connectivity index (χ1) is 19.2. The SMILES string of the molecule is C=Cc1sc2c3ccccc3c3c4ccccc4n(-c4n[c]([Al])c5sc6ccccc6c5n4)c3c2c1/C=C\C. The predicted octanol–water partition coefficient (Wildman–Crippen LogP) is 8.78. The second-order valence-corrected chi connectivity index (χ2v) is 12.2. The quantitative estimate of drug-likeness (QED) is 0.206. The molecule has 6 heteroatoms. The third kappa shape index (κ3) is 3.15. The molecule has 0 aliphatic heterocycles. The maximum Gasteiger partial charge on any atom is 0.233 e. The molecule has 2 radical (unpaired) electrons. The Bertz CT molecular complexity index is 2340.